The molecule has 6 nitrogen and oxygen atoms in total. The molecule has 0 radical (unpaired) electrons. The molecule has 22 heavy (non-hydrogen) atoms. The Labute approximate surface area is 134 Å². The second kappa shape index (κ2) is 7.37. The Bertz CT molecular complexity index is 649. The molecule has 0 aliphatic rings. The van der Waals surface area contributed by atoms with Crippen LogP contribution in [0.15, 0.2) is 28.9 Å². The largest absolute Gasteiger partial charge is 0.495 e. The predicted octanol–water partition coefficient (Wildman–Crippen LogP) is 2.11. The summed E-state index contributed by atoms with van der Waals surface area (Å²) in [7, 11) is 1.43. The second-order valence-corrected chi connectivity index (χ2v) is 5.45. The monoisotopic (exact) mass is 371 g/mol. The number of aliphatic carboxylic acids is 1. The van der Waals surface area contributed by atoms with Crippen LogP contribution >= 0.6 is 15.9 Å². The lowest BCUT2D eigenvalue weighted by Gasteiger charge is -2.16. The van der Waals surface area contributed by atoms with Crippen LogP contribution in [0.5, 0.6) is 5.75 Å². The molecular weight excluding hydrogens is 357 g/mol. The first-order valence-electron chi connectivity index (χ1n) is 6.48. The summed E-state index contributed by atoms with van der Waals surface area (Å²) in [6.07, 6.45) is 1.76. The molecule has 1 aromatic heterocycles. The molecule has 2 rings (SSSR count). The highest BCUT2D eigenvalue weighted by Gasteiger charge is 2.20. The first kappa shape index (κ1) is 16.4. The van der Waals surface area contributed by atoms with Crippen molar-refractivity contribution in [2.75, 3.05) is 7.11 Å². The fraction of sp³-hybridized carbons (Fsp3) is 0.286. The van der Waals surface area contributed by atoms with Crippen LogP contribution in [0.4, 0.5) is 4.39 Å². The number of rotatable bonds is 7. The summed E-state index contributed by atoms with van der Waals surface area (Å²) in [6, 6.07) is 3.66. The summed E-state index contributed by atoms with van der Waals surface area (Å²) < 4.78 is 19.7. The molecule has 0 fully saturated rings. The number of hydrogen-bond donors (Lipinski definition) is 3. The van der Waals surface area contributed by atoms with Gasteiger partial charge in [-0.25, -0.2) is 4.39 Å². The van der Waals surface area contributed by atoms with Gasteiger partial charge in [0.05, 0.1) is 11.6 Å². The number of carboxylic acid groups (broad SMARTS) is 1. The van der Waals surface area contributed by atoms with Crippen molar-refractivity contribution in [1.82, 2.24) is 15.5 Å². The molecule has 0 amide bonds. The van der Waals surface area contributed by atoms with Crippen LogP contribution in [0.25, 0.3) is 0 Å². The van der Waals surface area contributed by atoms with E-state index in [0.29, 0.717) is 15.9 Å². The van der Waals surface area contributed by atoms with Crippen LogP contribution in [-0.2, 0) is 17.8 Å². The molecule has 2 aromatic rings. The Morgan fingerprint density at radius 2 is 2.32 bits per heavy atom. The maximum atomic E-state index is 13.9. The number of aromatic amines is 1. The van der Waals surface area contributed by atoms with Crippen LogP contribution in [0.2, 0.25) is 0 Å². The van der Waals surface area contributed by atoms with Crippen LogP contribution in [0.1, 0.15) is 11.3 Å². The van der Waals surface area contributed by atoms with Crippen LogP contribution < -0.4 is 10.1 Å². The molecular formula is C14H15BrFN3O3. The summed E-state index contributed by atoms with van der Waals surface area (Å²) in [4.78, 5) is 11.3. The van der Waals surface area contributed by atoms with Gasteiger partial charge in [-0.05, 0) is 34.1 Å². The summed E-state index contributed by atoms with van der Waals surface area (Å²) >= 11 is 3.28. The number of carbonyl (C=O) groups is 1. The first-order chi connectivity index (χ1) is 10.5. The van der Waals surface area contributed by atoms with Gasteiger partial charge in [-0.1, -0.05) is 0 Å². The van der Waals surface area contributed by atoms with E-state index < -0.39 is 17.8 Å². The number of benzene rings is 1. The fourth-order valence-corrected chi connectivity index (χ4v) is 2.58. The standard InChI is InChI=1S/C14H15BrFN3O3/c1-22-13-9(11(16)3-2-10(13)15)7-17-12(14(20)21)6-8-4-5-18-19-8/h2-5,12,17H,6-7H2,1H3,(H,18,19)(H,20,21). The van der Waals surface area contributed by atoms with Crippen LogP contribution in [0, 0.1) is 5.82 Å². The fourth-order valence-electron chi connectivity index (χ4n) is 2.05. The molecule has 0 bridgehead atoms. The van der Waals surface area contributed by atoms with Gasteiger partial charge in [0, 0.05) is 30.4 Å². The molecule has 8 heteroatoms. The van der Waals surface area contributed by atoms with Gasteiger partial charge in [0.15, 0.2) is 0 Å². The number of H-pyrrole nitrogens is 1. The minimum Gasteiger partial charge on any atom is -0.495 e. The molecule has 0 aliphatic heterocycles. The van der Waals surface area contributed by atoms with E-state index in [1.165, 1.54) is 19.2 Å². The molecule has 0 saturated heterocycles. The quantitative estimate of drug-likeness (QED) is 0.693. The zero-order valence-electron chi connectivity index (χ0n) is 11.8. The zero-order chi connectivity index (χ0) is 16.1. The maximum Gasteiger partial charge on any atom is 0.321 e. The lowest BCUT2D eigenvalue weighted by atomic mass is 10.1. The van der Waals surface area contributed by atoms with Gasteiger partial charge >= 0.3 is 5.97 Å². The van der Waals surface area contributed by atoms with E-state index >= 15 is 0 Å². The Hall–Kier alpha value is -1.93. The van der Waals surface area contributed by atoms with Gasteiger partial charge < -0.3 is 9.84 Å². The van der Waals surface area contributed by atoms with Crippen molar-refractivity contribution < 1.29 is 19.0 Å². The second-order valence-electron chi connectivity index (χ2n) is 4.60. The lowest BCUT2D eigenvalue weighted by molar-refractivity contribution is -0.139. The van der Waals surface area contributed by atoms with E-state index in [1.54, 1.807) is 12.3 Å². The van der Waals surface area contributed by atoms with Gasteiger partial charge in [-0.2, -0.15) is 5.10 Å². The van der Waals surface area contributed by atoms with Crippen LogP contribution in [0.3, 0.4) is 0 Å². The van der Waals surface area contributed by atoms with E-state index in [2.05, 4.69) is 31.4 Å². The third kappa shape index (κ3) is 3.83. The number of hydrogen-bond acceptors (Lipinski definition) is 4. The minimum atomic E-state index is -1.02. The number of ether oxygens (including phenoxy) is 1. The lowest BCUT2D eigenvalue weighted by Crippen LogP contribution is -2.38. The molecule has 1 heterocycles. The normalized spacial score (nSPS) is 12.1. The average Bonchev–Trinajstić information content (AvgIpc) is 2.99. The Kier molecular flexibility index (Phi) is 5.51. The van der Waals surface area contributed by atoms with Gasteiger partial charge in [0.1, 0.15) is 17.6 Å². The average molecular weight is 372 g/mol. The first-order valence-corrected chi connectivity index (χ1v) is 7.27. The topological polar surface area (TPSA) is 87.2 Å². The highest BCUT2D eigenvalue weighted by Crippen LogP contribution is 2.30. The van der Waals surface area contributed by atoms with E-state index in [-0.39, 0.29) is 18.5 Å². The van der Waals surface area contributed by atoms with Gasteiger partial charge in [-0.15, -0.1) is 0 Å². The molecule has 1 aromatic carbocycles. The summed E-state index contributed by atoms with van der Waals surface area (Å²) in [5.74, 6) is -1.14. The van der Waals surface area contributed by atoms with Gasteiger partial charge in [0.25, 0.3) is 0 Å². The van der Waals surface area contributed by atoms with Gasteiger partial charge in [0.2, 0.25) is 0 Å². The smallest absolute Gasteiger partial charge is 0.321 e. The number of carboxylic acids is 1. The molecule has 3 N–H and O–H groups in total. The zero-order valence-corrected chi connectivity index (χ0v) is 13.4. The predicted molar refractivity (Wildman–Crippen MR) is 81.2 cm³/mol. The highest BCUT2D eigenvalue weighted by atomic mass is 79.9. The van der Waals surface area contributed by atoms with Crippen molar-refractivity contribution in [3.05, 3.63) is 45.9 Å². The van der Waals surface area contributed by atoms with Crippen molar-refractivity contribution in [3.63, 3.8) is 0 Å². The van der Waals surface area contributed by atoms with Crippen molar-refractivity contribution in [3.8, 4) is 5.75 Å². The van der Waals surface area contributed by atoms with Crippen molar-refractivity contribution in [2.24, 2.45) is 0 Å². The summed E-state index contributed by atoms with van der Waals surface area (Å²) in [5.41, 5.74) is 0.953. The maximum absolute atomic E-state index is 13.9. The number of aromatic nitrogens is 2. The van der Waals surface area contributed by atoms with Crippen molar-refractivity contribution in [2.45, 2.75) is 19.0 Å². The Morgan fingerprint density at radius 1 is 1.55 bits per heavy atom. The number of nitrogens with zero attached hydrogens (tertiary/aromatic N) is 1. The van der Waals surface area contributed by atoms with Crippen molar-refractivity contribution in [1.29, 1.82) is 0 Å². The van der Waals surface area contributed by atoms with E-state index in [0.717, 1.165) is 0 Å². The molecule has 1 atom stereocenters. The molecule has 0 spiro atoms. The summed E-state index contributed by atoms with van der Waals surface area (Å²) in [5, 5.41) is 18.6. The van der Waals surface area contributed by atoms with Gasteiger partial charge in [-0.3, -0.25) is 15.2 Å². The SMILES string of the molecule is COc1c(Br)ccc(F)c1CNC(Cc1ccn[nH]1)C(=O)O. The van der Waals surface area contributed by atoms with Crippen molar-refractivity contribution >= 4 is 21.9 Å². The molecule has 0 saturated carbocycles. The number of nitrogens with one attached hydrogen (secondary N) is 2. The van der Waals surface area contributed by atoms with E-state index in [9.17, 15) is 14.3 Å². The van der Waals surface area contributed by atoms with Crippen LogP contribution in [-0.4, -0.2) is 34.4 Å². The van der Waals surface area contributed by atoms with E-state index in [4.69, 9.17) is 4.74 Å². The number of halogens is 2. The minimum absolute atomic E-state index is 0.0273. The molecule has 1 unspecified atom stereocenters. The summed E-state index contributed by atoms with van der Waals surface area (Å²) in [6.45, 7) is 0.0273. The molecule has 118 valence electrons. The number of methoxy groups -OCH3 is 1. The third-order valence-corrected chi connectivity index (χ3v) is 3.79. The van der Waals surface area contributed by atoms with E-state index in [1.807, 2.05) is 0 Å². The highest BCUT2D eigenvalue weighted by molar-refractivity contribution is 9.10. The Morgan fingerprint density at radius 3 is 2.91 bits per heavy atom. The Balaban J connectivity index is 2.13. The molecule has 0 aliphatic carbocycles. The third-order valence-electron chi connectivity index (χ3n) is 3.17.